The van der Waals surface area contributed by atoms with E-state index in [-0.39, 0.29) is 24.1 Å². The van der Waals surface area contributed by atoms with Crippen LogP contribution in [0.3, 0.4) is 0 Å². The highest BCUT2D eigenvalue weighted by molar-refractivity contribution is 5.75. The van der Waals surface area contributed by atoms with Gasteiger partial charge in [0.1, 0.15) is 6.54 Å². The number of nitrogens with zero attached hydrogens (tertiary/aromatic N) is 2. The number of anilines is 1. The predicted molar refractivity (Wildman–Crippen MR) is 78.0 cm³/mol. The van der Waals surface area contributed by atoms with Crippen molar-refractivity contribution in [1.82, 2.24) is 15.1 Å². The standard InChI is InChI=1S/C13H21N5O3/c14-3-4-15-11-7-13(20)18(16-8-11)9-12(19)17-10-1-5-21-6-2-10/h7-8,10,15H,1-6,9,14H2,(H,17,19). The van der Waals surface area contributed by atoms with Gasteiger partial charge in [-0.3, -0.25) is 9.59 Å². The van der Waals surface area contributed by atoms with E-state index >= 15 is 0 Å². The minimum atomic E-state index is -0.320. The molecule has 1 aliphatic rings. The number of carbonyl (C=O) groups is 1. The van der Waals surface area contributed by atoms with Gasteiger partial charge in [-0.1, -0.05) is 0 Å². The van der Waals surface area contributed by atoms with Crippen LogP contribution >= 0.6 is 0 Å². The average Bonchev–Trinajstić information content (AvgIpc) is 2.48. The number of hydrogen-bond donors (Lipinski definition) is 3. The molecule has 0 atom stereocenters. The molecule has 8 nitrogen and oxygen atoms in total. The molecule has 8 heteroatoms. The normalized spacial score (nSPS) is 15.7. The Balaban J connectivity index is 1.89. The van der Waals surface area contributed by atoms with Gasteiger partial charge in [-0.25, -0.2) is 4.68 Å². The lowest BCUT2D eigenvalue weighted by atomic mass is 10.1. The van der Waals surface area contributed by atoms with E-state index in [9.17, 15) is 9.59 Å². The number of amides is 1. The van der Waals surface area contributed by atoms with Crippen molar-refractivity contribution < 1.29 is 9.53 Å². The molecule has 2 rings (SSSR count). The van der Waals surface area contributed by atoms with Crippen LogP contribution in [-0.2, 0) is 16.1 Å². The van der Waals surface area contributed by atoms with Gasteiger partial charge >= 0.3 is 0 Å². The first kappa shape index (κ1) is 15.5. The minimum Gasteiger partial charge on any atom is -0.382 e. The summed E-state index contributed by atoms with van der Waals surface area (Å²) in [6.45, 7) is 2.27. The van der Waals surface area contributed by atoms with Gasteiger partial charge in [0.15, 0.2) is 0 Å². The molecule has 1 fully saturated rings. The summed E-state index contributed by atoms with van der Waals surface area (Å²) >= 11 is 0. The first-order chi connectivity index (χ1) is 10.2. The fourth-order valence-electron chi connectivity index (χ4n) is 2.12. The molecule has 0 aromatic carbocycles. The first-order valence-corrected chi connectivity index (χ1v) is 7.07. The molecule has 1 aliphatic heterocycles. The van der Waals surface area contributed by atoms with Crippen molar-refractivity contribution in [2.24, 2.45) is 5.73 Å². The molecule has 0 radical (unpaired) electrons. The fraction of sp³-hybridized carbons (Fsp3) is 0.615. The van der Waals surface area contributed by atoms with E-state index in [1.165, 1.54) is 12.3 Å². The summed E-state index contributed by atoms with van der Waals surface area (Å²) in [6.07, 6.45) is 3.12. The van der Waals surface area contributed by atoms with Gasteiger partial charge in [-0.2, -0.15) is 5.10 Å². The van der Waals surface area contributed by atoms with Gasteiger partial charge in [-0.05, 0) is 12.8 Å². The maximum absolute atomic E-state index is 11.9. The number of aromatic nitrogens is 2. The van der Waals surface area contributed by atoms with Crippen LogP contribution in [0.25, 0.3) is 0 Å². The second-order valence-corrected chi connectivity index (χ2v) is 4.91. The van der Waals surface area contributed by atoms with Gasteiger partial charge in [0.25, 0.3) is 5.56 Å². The van der Waals surface area contributed by atoms with Crippen LogP contribution in [0.4, 0.5) is 5.69 Å². The second kappa shape index (κ2) is 7.75. The SMILES string of the molecule is NCCNc1cnn(CC(=O)NC2CCOCC2)c(=O)c1. The van der Waals surface area contributed by atoms with E-state index < -0.39 is 0 Å². The number of carbonyl (C=O) groups excluding carboxylic acids is 1. The zero-order valence-corrected chi connectivity index (χ0v) is 11.9. The van der Waals surface area contributed by atoms with E-state index in [2.05, 4.69) is 15.7 Å². The largest absolute Gasteiger partial charge is 0.382 e. The Hall–Kier alpha value is -1.93. The quantitative estimate of drug-likeness (QED) is 0.615. The first-order valence-electron chi connectivity index (χ1n) is 7.07. The Morgan fingerprint density at radius 2 is 2.24 bits per heavy atom. The molecule has 1 saturated heterocycles. The Labute approximate surface area is 122 Å². The Kier molecular flexibility index (Phi) is 5.70. The molecular formula is C13H21N5O3. The highest BCUT2D eigenvalue weighted by Gasteiger charge is 2.16. The van der Waals surface area contributed by atoms with E-state index in [1.54, 1.807) is 0 Å². The third kappa shape index (κ3) is 4.83. The Bertz CT molecular complexity index is 525. The van der Waals surface area contributed by atoms with Crippen LogP contribution in [0.15, 0.2) is 17.1 Å². The van der Waals surface area contributed by atoms with Crippen molar-refractivity contribution in [2.45, 2.75) is 25.4 Å². The monoisotopic (exact) mass is 295 g/mol. The average molecular weight is 295 g/mol. The van der Waals surface area contributed by atoms with Gasteiger partial charge in [-0.15, -0.1) is 0 Å². The number of rotatable bonds is 6. The minimum absolute atomic E-state index is 0.0760. The third-order valence-electron chi connectivity index (χ3n) is 3.22. The topological polar surface area (TPSA) is 111 Å². The van der Waals surface area contributed by atoms with Crippen molar-refractivity contribution >= 4 is 11.6 Å². The van der Waals surface area contributed by atoms with Crippen LogP contribution in [0.2, 0.25) is 0 Å². The summed E-state index contributed by atoms with van der Waals surface area (Å²) < 4.78 is 6.37. The summed E-state index contributed by atoms with van der Waals surface area (Å²) in [6, 6.07) is 1.53. The lowest BCUT2D eigenvalue weighted by Gasteiger charge is -2.23. The Morgan fingerprint density at radius 3 is 2.90 bits per heavy atom. The molecule has 0 saturated carbocycles. The molecule has 116 valence electrons. The van der Waals surface area contributed by atoms with Crippen molar-refractivity contribution in [1.29, 1.82) is 0 Å². The van der Waals surface area contributed by atoms with Crippen LogP contribution in [-0.4, -0.2) is 48.0 Å². The highest BCUT2D eigenvalue weighted by atomic mass is 16.5. The molecule has 0 bridgehead atoms. The van der Waals surface area contributed by atoms with Crippen LogP contribution < -0.4 is 21.9 Å². The van der Waals surface area contributed by atoms with Gasteiger partial charge in [0.05, 0.1) is 11.9 Å². The number of ether oxygens (including phenoxy) is 1. The second-order valence-electron chi connectivity index (χ2n) is 4.91. The number of nitrogens with two attached hydrogens (primary N) is 1. The van der Waals surface area contributed by atoms with E-state index in [0.29, 0.717) is 32.0 Å². The zero-order valence-electron chi connectivity index (χ0n) is 11.9. The van der Waals surface area contributed by atoms with Gasteiger partial charge in [0, 0.05) is 38.4 Å². The Morgan fingerprint density at radius 1 is 1.48 bits per heavy atom. The molecule has 2 heterocycles. The summed E-state index contributed by atoms with van der Waals surface area (Å²) in [5.74, 6) is -0.209. The maximum atomic E-state index is 11.9. The molecule has 0 aliphatic carbocycles. The summed E-state index contributed by atoms with van der Waals surface area (Å²) in [4.78, 5) is 23.8. The summed E-state index contributed by atoms with van der Waals surface area (Å²) in [5, 5.41) is 9.84. The van der Waals surface area contributed by atoms with E-state index in [0.717, 1.165) is 17.5 Å². The smallest absolute Gasteiger partial charge is 0.269 e. The fourth-order valence-corrected chi connectivity index (χ4v) is 2.12. The van der Waals surface area contributed by atoms with Crippen LogP contribution in [0, 0.1) is 0 Å². The van der Waals surface area contributed by atoms with E-state index in [1.807, 2.05) is 0 Å². The molecule has 1 amide bonds. The van der Waals surface area contributed by atoms with Crippen LogP contribution in [0.1, 0.15) is 12.8 Å². The maximum Gasteiger partial charge on any atom is 0.269 e. The number of hydrogen-bond acceptors (Lipinski definition) is 6. The molecule has 0 unspecified atom stereocenters. The molecule has 0 spiro atoms. The van der Waals surface area contributed by atoms with Crippen molar-refractivity contribution in [3.8, 4) is 0 Å². The summed E-state index contributed by atoms with van der Waals surface area (Å²) in [5.41, 5.74) is 5.65. The summed E-state index contributed by atoms with van der Waals surface area (Å²) in [7, 11) is 0. The van der Waals surface area contributed by atoms with Crippen molar-refractivity contribution in [3.63, 3.8) is 0 Å². The molecule has 4 N–H and O–H groups in total. The van der Waals surface area contributed by atoms with E-state index in [4.69, 9.17) is 10.5 Å². The van der Waals surface area contributed by atoms with Crippen molar-refractivity contribution in [3.05, 3.63) is 22.6 Å². The third-order valence-corrected chi connectivity index (χ3v) is 3.22. The molecule has 21 heavy (non-hydrogen) atoms. The lowest BCUT2D eigenvalue weighted by Crippen LogP contribution is -2.42. The zero-order chi connectivity index (χ0) is 15.1. The molecular weight excluding hydrogens is 274 g/mol. The lowest BCUT2D eigenvalue weighted by molar-refractivity contribution is -0.123. The molecule has 1 aromatic heterocycles. The number of nitrogens with one attached hydrogen (secondary N) is 2. The molecule has 1 aromatic rings. The van der Waals surface area contributed by atoms with Gasteiger partial charge in [0.2, 0.25) is 5.91 Å². The highest BCUT2D eigenvalue weighted by Crippen LogP contribution is 2.06. The van der Waals surface area contributed by atoms with Gasteiger partial charge < -0.3 is 21.1 Å². The predicted octanol–water partition coefficient (Wildman–Crippen LogP) is -1.09. The van der Waals surface area contributed by atoms with Crippen molar-refractivity contribution in [2.75, 3.05) is 31.6 Å². The van der Waals surface area contributed by atoms with Crippen LogP contribution in [0.5, 0.6) is 0 Å².